The predicted molar refractivity (Wildman–Crippen MR) is 127 cm³/mol. The minimum absolute atomic E-state index is 0.103. The molecule has 3 aliphatic rings. The molecule has 3 amide bonds. The molecular weight excluding hydrogens is 537 g/mol. The highest BCUT2D eigenvalue weighted by Crippen LogP contribution is 2.45. The normalized spacial score (nSPS) is 23.6. The SMILES string of the molecule is O=C1NC(=O)C(O)(O)C(O)(O)C1N1C(=O)c2cccc(OCc3ccc(CN4CCOCC4)cc3F)c2C1(O)O. The van der Waals surface area contributed by atoms with Crippen LogP contribution in [0.3, 0.4) is 0 Å². The molecule has 1 atom stereocenters. The van der Waals surface area contributed by atoms with E-state index in [1.807, 2.05) is 0 Å². The van der Waals surface area contributed by atoms with E-state index in [1.165, 1.54) is 29.6 Å². The molecule has 14 nitrogen and oxygen atoms in total. The molecule has 3 heterocycles. The third-order valence-electron chi connectivity index (χ3n) is 7.11. The maximum absolute atomic E-state index is 14.9. The van der Waals surface area contributed by atoms with Crippen LogP contribution in [0.1, 0.15) is 27.0 Å². The minimum atomic E-state index is -4.06. The van der Waals surface area contributed by atoms with Gasteiger partial charge in [-0.05, 0) is 23.8 Å². The number of rotatable bonds is 6. The quantitative estimate of drug-likeness (QED) is 0.140. The number of carbonyl (C=O) groups excluding carboxylic acids is 3. The lowest BCUT2D eigenvalue weighted by Gasteiger charge is -2.47. The van der Waals surface area contributed by atoms with Gasteiger partial charge in [-0.1, -0.05) is 18.2 Å². The highest BCUT2D eigenvalue weighted by Gasteiger charge is 2.70. The number of imide groups is 1. The molecule has 214 valence electrons. The summed E-state index contributed by atoms with van der Waals surface area (Å²) < 4.78 is 25.8. The summed E-state index contributed by atoms with van der Waals surface area (Å²) >= 11 is 0. The van der Waals surface area contributed by atoms with Crippen LogP contribution in [0, 0.1) is 5.82 Å². The van der Waals surface area contributed by atoms with E-state index in [9.17, 15) is 49.4 Å². The van der Waals surface area contributed by atoms with Crippen molar-refractivity contribution in [2.75, 3.05) is 26.3 Å². The molecule has 5 rings (SSSR count). The number of nitrogens with zero attached hydrogens (tertiary/aromatic N) is 2. The number of piperidine rings is 1. The molecule has 15 heteroatoms. The van der Waals surface area contributed by atoms with Crippen molar-refractivity contribution in [3.63, 3.8) is 0 Å². The van der Waals surface area contributed by atoms with Crippen LogP contribution >= 0.6 is 0 Å². The summed E-state index contributed by atoms with van der Waals surface area (Å²) in [5.41, 5.74) is -0.261. The monoisotopic (exact) mass is 563 g/mol. The first-order valence-corrected chi connectivity index (χ1v) is 12.1. The van der Waals surface area contributed by atoms with Crippen molar-refractivity contribution in [3.8, 4) is 5.75 Å². The summed E-state index contributed by atoms with van der Waals surface area (Å²) in [4.78, 5) is 39.4. The Labute approximate surface area is 225 Å². The fraction of sp³-hybridized carbons (Fsp3) is 0.400. The highest BCUT2D eigenvalue weighted by atomic mass is 19.1. The van der Waals surface area contributed by atoms with E-state index >= 15 is 0 Å². The van der Waals surface area contributed by atoms with Crippen molar-refractivity contribution in [2.45, 2.75) is 36.7 Å². The number of fused-ring (bicyclic) bond motifs is 1. The van der Waals surface area contributed by atoms with Gasteiger partial charge in [-0.25, -0.2) is 4.39 Å². The molecule has 3 aliphatic heterocycles. The molecule has 1 unspecified atom stereocenters. The molecular formula is C25H26FN3O11. The second-order valence-corrected chi connectivity index (χ2v) is 9.71. The zero-order valence-corrected chi connectivity index (χ0v) is 20.8. The van der Waals surface area contributed by atoms with Gasteiger partial charge in [0.05, 0.1) is 24.3 Å². The van der Waals surface area contributed by atoms with Crippen LogP contribution in [-0.4, -0.2) is 102 Å². The zero-order valence-electron chi connectivity index (χ0n) is 20.8. The number of hydrogen-bond acceptors (Lipinski definition) is 12. The van der Waals surface area contributed by atoms with Crippen LogP contribution < -0.4 is 10.1 Å². The van der Waals surface area contributed by atoms with Crippen molar-refractivity contribution >= 4 is 17.7 Å². The number of ether oxygens (including phenoxy) is 2. The number of amides is 3. The van der Waals surface area contributed by atoms with Gasteiger partial charge in [-0.15, -0.1) is 0 Å². The summed E-state index contributed by atoms with van der Waals surface area (Å²) in [5.74, 6) is -17.4. The van der Waals surface area contributed by atoms with Crippen LogP contribution in [-0.2, 0) is 33.4 Å². The first-order chi connectivity index (χ1) is 18.8. The molecule has 2 aromatic rings. The Morgan fingerprint density at radius 1 is 1.02 bits per heavy atom. The maximum Gasteiger partial charge on any atom is 0.303 e. The van der Waals surface area contributed by atoms with Gasteiger partial charge in [0.2, 0.25) is 0 Å². The van der Waals surface area contributed by atoms with E-state index in [0.29, 0.717) is 19.8 Å². The Morgan fingerprint density at radius 2 is 1.73 bits per heavy atom. The average molecular weight is 563 g/mol. The van der Waals surface area contributed by atoms with E-state index in [-0.39, 0.29) is 16.2 Å². The molecule has 0 radical (unpaired) electrons. The Hall–Kier alpha value is -3.54. The molecule has 0 saturated carbocycles. The lowest BCUT2D eigenvalue weighted by Crippen LogP contribution is -2.80. The number of hydrogen-bond donors (Lipinski definition) is 7. The minimum Gasteiger partial charge on any atom is -0.488 e. The number of halogens is 1. The number of aliphatic hydroxyl groups is 6. The van der Waals surface area contributed by atoms with Crippen LogP contribution in [0.2, 0.25) is 0 Å². The van der Waals surface area contributed by atoms with Crippen molar-refractivity contribution in [2.24, 2.45) is 0 Å². The summed E-state index contributed by atoms with van der Waals surface area (Å²) in [7, 11) is 0. The van der Waals surface area contributed by atoms with Gasteiger partial charge in [0.15, 0.2) is 6.04 Å². The van der Waals surface area contributed by atoms with Crippen LogP contribution in [0.4, 0.5) is 4.39 Å². The first kappa shape index (κ1) is 28.0. The van der Waals surface area contributed by atoms with Crippen molar-refractivity contribution in [1.82, 2.24) is 15.1 Å². The van der Waals surface area contributed by atoms with Gasteiger partial charge >= 0.3 is 5.79 Å². The second kappa shape index (κ2) is 9.83. The molecule has 0 aliphatic carbocycles. The smallest absolute Gasteiger partial charge is 0.303 e. The fourth-order valence-electron chi connectivity index (χ4n) is 4.95. The fourth-order valence-corrected chi connectivity index (χ4v) is 4.95. The van der Waals surface area contributed by atoms with Crippen molar-refractivity contribution in [1.29, 1.82) is 0 Å². The summed E-state index contributed by atoms with van der Waals surface area (Å²) in [5, 5.41) is 63.9. The Bertz CT molecular complexity index is 1370. The van der Waals surface area contributed by atoms with E-state index in [1.54, 1.807) is 6.07 Å². The van der Waals surface area contributed by atoms with Gasteiger partial charge in [0.25, 0.3) is 29.4 Å². The van der Waals surface area contributed by atoms with Crippen molar-refractivity contribution < 1.29 is 58.9 Å². The van der Waals surface area contributed by atoms with E-state index in [0.717, 1.165) is 24.7 Å². The van der Waals surface area contributed by atoms with E-state index in [4.69, 9.17) is 9.47 Å². The molecule has 7 N–H and O–H groups in total. The molecule has 2 fully saturated rings. The third kappa shape index (κ3) is 4.42. The number of carbonyl (C=O) groups is 3. The highest BCUT2D eigenvalue weighted by molar-refractivity contribution is 6.09. The topological polar surface area (TPSA) is 210 Å². The number of morpholine rings is 1. The van der Waals surface area contributed by atoms with Gasteiger partial charge in [-0.3, -0.25) is 29.5 Å². The third-order valence-corrected chi connectivity index (χ3v) is 7.11. The summed E-state index contributed by atoms with van der Waals surface area (Å²) in [6.07, 6.45) is 0. The Balaban J connectivity index is 1.40. The molecule has 2 saturated heterocycles. The molecule has 0 spiro atoms. The molecule has 0 bridgehead atoms. The van der Waals surface area contributed by atoms with E-state index < -0.39 is 64.8 Å². The van der Waals surface area contributed by atoms with Gasteiger partial charge < -0.3 is 40.1 Å². The number of benzene rings is 2. The average Bonchev–Trinajstić information content (AvgIpc) is 3.09. The Morgan fingerprint density at radius 3 is 2.40 bits per heavy atom. The predicted octanol–water partition coefficient (Wildman–Crippen LogP) is -2.83. The molecule has 0 aromatic heterocycles. The van der Waals surface area contributed by atoms with Crippen LogP contribution in [0.15, 0.2) is 36.4 Å². The van der Waals surface area contributed by atoms with Gasteiger partial charge in [-0.2, -0.15) is 0 Å². The summed E-state index contributed by atoms with van der Waals surface area (Å²) in [6, 6.07) is 5.39. The molecule has 40 heavy (non-hydrogen) atoms. The van der Waals surface area contributed by atoms with Crippen LogP contribution in [0.5, 0.6) is 5.75 Å². The molecule has 2 aromatic carbocycles. The summed E-state index contributed by atoms with van der Waals surface area (Å²) in [6.45, 7) is 2.72. The zero-order chi connectivity index (χ0) is 29.0. The number of nitrogens with one attached hydrogen (secondary N) is 1. The second-order valence-electron chi connectivity index (χ2n) is 9.71. The van der Waals surface area contributed by atoms with Crippen molar-refractivity contribution in [3.05, 3.63) is 64.5 Å². The first-order valence-electron chi connectivity index (χ1n) is 12.1. The largest absolute Gasteiger partial charge is 0.488 e. The maximum atomic E-state index is 14.9. The lowest BCUT2D eigenvalue weighted by atomic mass is 9.90. The Kier molecular flexibility index (Phi) is 6.88. The standard InChI is InChI=1S/C25H26FN3O11/c26-16-10-13(11-28-6-8-39-9-7-28)4-5-14(16)12-40-17-3-1-2-15-18(17)25(37,38)29(21(15)31)19-20(30)27-22(32)24(35,36)23(19,33)34/h1-5,10,19,33-38H,6-9,11-12H2,(H,27,30,32). The van der Waals surface area contributed by atoms with Crippen LogP contribution in [0.25, 0.3) is 0 Å². The van der Waals surface area contributed by atoms with Gasteiger partial charge in [0.1, 0.15) is 18.2 Å². The van der Waals surface area contributed by atoms with E-state index in [2.05, 4.69) is 4.90 Å². The lowest BCUT2D eigenvalue weighted by molar-refractivity contribution is -0.374. The van der Waals surface area contributed by atoms with Gasteiger partial charge in [0, 0.05) is 25.2 Å².